The van der Waals surface area contributed by atoms with Crippen molar-refractivity contribution in [2.45, 2.75) is 13.5 Å². The molecule has 5 heteroatoms. The van der Waals surface area contributed by atoms with Gasteiger partial charge in [0.15, 0.2) is 11.6 Å². The number of nitrogens with one attached hydrogen (secondary N) is 1. The fraction of sp³-hybridized carbons (Fsp3) is 0.250. The summed E-state index contributed by atoms with van der Waals surface area (Å²) in [6.07, 6.45) is 3.39. The third kappa shape index (κ3) is 2.61. The summed E-state index contributed by atoms with van der Waals surface area (Å²) in [7, 11) is 0. The van der Waals surface area contributed by atoms with Gasteiger partial charge in [-0.3, -0.25) is 0 Å². The van der Waals surface area contributed by atoms with E-state index in [0.29, 0.717) is 18.8 Å². The highest BCUT2D eigenvalue weighted by atomic mass is 19.2. The third-order valence-corrected chi connectivity index (χ3v) is 2.55. The molecule has 0 unspecified atom stereocenters. The Bertz CT molecular complexity index is 483. The number of imidazole rings is 1. The molecule has 2 aromatic rings. The van der Waals surface area contributed by atoms with Crippen LogP contribution in [0.2, 0.25) is 0 Å². The molecule has 0 aliphatic heterocycles. The molecule has 3 nitrogen and oxygen atoms in total. The maximum Gasteiger partial charge on any atom is 0.160 e. The Morgan fingerprint density at radius 1 is 1.29 bits per heavy atom. The number of nitrogens with zero attached hydrogens (tertiary/aromatic N) is 2. The van der Waals surface area contributed by atoms with Crippen LogP contribution >= 0.6 is 0 Å². The van der Waals surface area contributed by atoms with Crippen molar-refractivity contribution in [2.75, 3.05) is 11.4 Å². The first kappa shape index (κ1) is 11.6. The Morgan fingerprint density at radius 2 is 2.12 bits per heavy atom. The molecule has 0 aliphatic rings. The quantitative estimate of drug-likeness (QED) is 0.886. The van der Waals surface area contributed by atoms with Crippen LogP contribution in [0, 0.1) is 11.6 Å². The first-order valence-corrected chi connectivity index (χ1v) is 5.39. The molecule has 0 atom stereocenters. The summed E-state index contributed by atoms with van der Waals surface area (Å²) in [6, 6.07) is 3.89. The number of hydrogen-bond acceptors (Lipinski definition) is 2. The van der Waals surface area contributed by atoms with E-state index in [2.05, 4.69) is 9.97 Å². The van der Waals surface area contributed by atoms with E-state index in [1.54, 1.807) is 18.5 Å². The van der Waals surface area contributed by atoms with Crippen molar-refractivity contribution in [1.82, 2.24) is 9.97 Å². The van der Waals surface area contributed by atoms with E-state index < -0.39 is 11.6 Å². The summed E-state index contributed by atoms with van der Waals surface area (Å²) in [4.78, 5) is 8.99. The molecule has 0 radical (unpaired) electrons. The van der Waals surface area contributed by atoms with Gasteiger partial charge in [-0.25, -0.2) is 13.8 Å². The summed E-state index contributed by atoms with van der Waals surface area (Å²) in [6.45, 7) is 3.17. The molecular weight excluding hydrogens is 224 g/mol. The fourth-order valence-electron chi connectivity index (χ4n) is 1.63. The van der Waals surface area contributed by atoms with Crippen LogP contribution in [-0.2, 0) is 6.54 Å². The zero-order valence-corrected chi connectivity index (χ0v) is 9.45. The Labute approximate surface area is 98.1 Å². The van der Waals surface area contributed by atoms with Crippen LogP contribution in [0.15, 0.2) is 30.6 Å². The maximum absolute atomic E-state index is 13.1. The highest BCUT2D eigenvalue weighted by Crippen LogP contribution is 2.19. The minimum Gasteiger partial charge on any atom is -0.364 e. The van der Waals surface area contributed by atoms with E-state index in [4.69, 9.17) is 0 Å². The normalized spacial score (nSPS) is 10.5. The molecule has 0 spiro atoms. The Kier molecular flexibility index (Phi) is 3.37. The van der Waals surface area contributed by atoms with Crippen molar-refractivity contribution in [1.29, 1.82) is 0 Å². The fourth-order valence-corrected chi connectivity index (χ4v) is 1.63. The highest BCUT2D eigenvalue weighted by Gasteiger charge is 2.09. The number of H-pyrrole nitrogens is 1. The zero-order chi connectivity index (χ0) is 12.3. The standard InChI is InChI=1S/C12H13F2N3/c1-2-17(8-12-15-5-6-16-12)9-3-4-10(13)11(14)7-9/h3-7H,2,8H2,1H3,(H,15,16). The number of hydrogen-bond donors (Lipinski definition) is 1. The summed E-state index contributed by atoms with van der Waals surface area (Å²) in [5.74, 6) is -0.875. The first-order valence-electron chi connectivity index (χ1n) is 5.39. The monoisotopic (exact) mass is 237 g/mol. The molecule has 0 saturated carbocycles. The lowest BCUT2D eigenvalue weighted by atomic mass is 10.2. The van der Waals surface area contributed by atoms with Crippen LogP contribution in [0.25, 0.3) is 0 Å². The number of rotatable bonds is 4. The van der Waals surface area contributed by atoms with Crippen LogP contribution < -0.4 is 4.90 Å². The summed E-state index contributed by atoms with van der Waals surface area (Å²) in [5, 5.41) is 0. The van der Waals surface area contributed by atoms with Crippen LogP contribution in [0.5, 0.6) is 0 Å². The number of aromatic amines is 1. The van der Waals surface area contributed by atoms with E-state index in [0.717, 1.165) is 11.9 Å². The molecule has 0 aliphatic carbocycles. The van der Waals surface area contributed by atoms with E-state index in [-0.39, 0.29) is 0 Å². The summed E-state index contributed by atoms with van der Waals surface area (Å²) >= 11 is 0. The molecule has 1 aromatic carbocycles. The second-order valence-electron chi connectivity index (χ2n) is 3.65. The average Bonchev–Trinajstić information content (AvgIpc) is 2.82. The molecule has 0 saturated heterocycles. The van der Waals surface area contributed by atoms with Crippen LogP contribution in [-0.4, -0.2) is 16.5 Å². The summed E-state index contributed by atoms with van der Waals surface area (Å²) < 4.78 is 26.0. The molecular formula is C12H13F2N3. The summed E-state index contributed by atoms with van der Waals surface area (Å²) in [5.41, 5.74) is 0.641. The van der Waals surface area contributed by atoms with Crippen LogP contribution in [0.1, 0.15) is 12.7 Å². The van der Waals surface area contributed by atoms with Gasteiger partial charge in [-0.15, -0.1) is 0 Å². The van der Waals surface area contributed by atoms with Gasteiger partial charge in [-0.05, 0) is 19.1 Å². The van der Waals surface area contributed by atoms with Gasteiger partial charge in [0.1, 0.15) is 5.82 Å². The van der Waals surface area contributed by atoms with Crippen molar-refractivity contribution in [2.24, 2.45) is 0 Å². The lowest BCUT2D eigenvalue weighted by Gasteiger charge is -2.21. The van der Waals surface area contributed by atoms with E-state index in [1.165, 1.54) is 6.07 Å². The molecule has 2 rings (SSSR count). The third-order valence-electron chi connectivity index (χ3n) is 2.55. The van der Waals surface area contributed by atoms with Gasteiger partial charge < -0.3 is 9.88 Å². The second-order valence-corrected chi connectivity index (χ2v) is 3.65. The molecule has 0 fully saturated rings. The first-order chi connectivity index (χ1) is 8.20. The van der Waals surface area contributed by atoms with Gasteiger partial charge in [0.2, 0.25) is 0 Å². The number of halogens is 2. The molecule has 90 valence electrons. The lowest BCUT2D eigenvalue weighted by Crippen LogP contribution is -2.22. The molecule has 1 N–H and O–H groups in total. The average molecular weight is 237 g/mol. The predicted octanol–water partition coefficient (Wildman–Crippen LogP) is 2.71. The van der Waals surface area contributed by atoms with Crippen molar-refractivity contribution < 1.29 is 8.78 Å². The van der Waals surface area contributed by atoms with Crippen molar-refractivity contribution in [3.05, 3.63) is 48.1 Å². The van der Waals surface area contributed by atoms with Gasteiger partial charge in [-0.2, -0.15) is 0 Å². The number of benzene rings is 1. The minimum atomic E-state index is -0.833. The molecule has 1 heterocycles. The molecule has 0 amide bonds. The predicted molar refractivity (Wildman–Crippen MR) is 61.7 cm³/mol. The Morgan fingerprint density at radius 3 is 2.71 bits per heavy atom. The topological polar surface area (TPSA) is 31.9 Å². The van der Waals surface area contributed by atoms with Crippen molar-refractivity contribution in [3.8, 4) is 0 Å². The number of aromatic nitrogens is 2. The second kappa shape index (κ2) is 4.95. The van der Waals surface area contributed by atoms with E-state index in [1.807, 2.05) is 11.8 Å². The maximum atomic E-state index is 13.1. The zero-order valence-electron chi connectivity index (χ0n) is 9.45. The van der Waals surface area contributed by atoms with Crippen LogP contribution in [0.4, 0.5) is 14.5 Å². The molecule has 1 aromatic heterocycles. The van der Waals surface area contributed by atoms with Gasteiger partial charge >= 0.3 is 0 Å². The Hall–Kier alpha value is -1.91. The van der Waals surface area contributed by atoms with Gasteiger partial charge in [-0.1, -0.05) is 0 Å². The van der Waals surface area contributed by atoms with Crippen LogP contribution in [0.3, 0.4) is 0 Å². The Balaban J connectivity index is 2.20. The largest absolute Gasteiger partial charge is 0.364 e. The molecule has 0 bridgehead atoms. The van der Waals surface area contributed by atoms with Gasteiger partial charge in [0, 0.05) is 30.7 Å². The molecule has 17 heavy (non-hydrogen) atoms. The smallest absolute Gasteiger partial charge is 0.160 e. The SMILES string of the molecule is CCN(Cc1ncc[nH]1)c1ccc(F)c(F)c1. The lowest BCUT2D eigenvalue weighted by molar-refractivity contribution is 0.508. The highest BCUT2D eigenvalue weighted by molar-refractivity contribution is 5.46. The van der Waals surface area contributed by atoms with E-state index in [9.17, 15) is 8.78 Å². The van der Waals surface area contributed by atoms with Gasteiger partial charge in [0.25, 0.3) is 0 Å². The van der Waals surface area contributed by atoms with E-state index >= 15 is 0 Å². The minimum absolute atomic E-state index is 0.536. The van der Waals surface area contributed by atoms with Gasteiger partial charge in [0.05, 0.1) is 6.54 Å². The van der Waals surface area contributed by atoms with Crippen molar-refractivity contribution >= 4 is 5.69 Å². The number of anilines is 1. The van der Waals surface area contributed by atoms with Crippen molar-refractivity contribution in [3.63, 3.8) is 0 Å².